The molecule has 0 aliphatic carbocycles. The van der Waals surface area contributed by atoms with Gasteiger partial charge in [-0.25, -0.2) is 0 Å². The molecule has 7 heteroatoms. The minimum Gasteiger partial charge on any atom is -0.496 e. The van der Waals surface area contributed by atoms with Crippen LogP contribution in [0, 0.1) is 6.92 Å². The molecule has 0 atom stereocenters. The zero-order valence-electron chi connectivity index (χ0n) is 12.6. The number of nitrogens with zero attached hydrogens (tertiary/aromatic N) is 2. The standard InChI is InChI=1S/C15H17ClN2O3S/c1-10-9-18(6-7-20-2)15(22-10)17-14(19)12-8-11(16)4-5-13(12)21-3/h4-5,8-9H,6-7H2,1-3H3. The summed E-state index contributed by atoms with van der Waals surface area (Å²) in [4.78, 5) is 18.3. The Morgan fingerprint density at radius 2 is 2.18 bits per heavy atom. The minimum absolute atomic E-state index is 0.347. The van der Waals surface area contributed by atoms with Crippen LogP contribution in [-0.2, 0) is 11.3 Å². The van der Waals surface area contributed by atoms with E-state index in [9.17, 15) is 4.79 Å². The highest BCUT2D eigenvalue weighted by atomic mass is 35.5. The number of aryl methyl sites for hydroxylation is 1. The van der Waals surface area contributed by atoms with Crippen LogP contribution in [0.15, 0.2) is 29.4 Å². The molecule has 0 bridgehead atoms. The molecule has 5 nitrogen and oxygen atoms in total. The number of ether oxygens (including phenoxy) is 2. The summed E-state index contributed by atoms with van der Waals surface area (Å²) in [5.41, 5.74) is 0.347. The number of methoxy groups -OCH3 is 2. The summed E-state index contributed by atoms with van der Waals surface area (Å²) in [6, 6.07) is 4.89. The van der Waals surface area contributed by atoms with Gasteiger partial charge >= 0.3 is 0 Å². The van der Waals surface area contributed by atoms with Crippen LogP contribution in [0.3, 0.4) is 0 Å². The van der Waals surface area contributed by atoms with E-state index in [1.165, 1.54) is 18.4 Å². The molecule has 0 fully saturated rings. The summed E-state index contributed by atoms with van der Waals surface area (Å²) < 4.78 is 12.2. The van der Waals surface area contributed by atoms with Gasteiger partial charge in [0.05, 0.1) is 19.3 Å². The van der Waals surface area contributed by atoms with Crippen molar-refractivity contribution in [1.29, 1.82) is 0 Å². The average molecular weight is 341 g/mol. The highest BCUT2D eigenvalue weighted by molar-refractivity contribution is 7.09. The monoisotopic (exact) mass is 340 g/mol. The van der Waals surface area contributed by atoms with E-state index >= 15 is 0 Å². The highest BCUT2D eigenvalue weighted by Gasteiger charge is 2.13. The summed E-state index contributed by atoms with van der Waals surface area (Å²) in [7, 11) is 3.15. The molecule has 1 aromatic heterocycles. The van der Waals surface area contributed by atoms with Crippen LogP contribution in [0.5, 0.6) is 5.75 Å². The van der Waals surface area contributed by atoms with Gasteiger partial charge in [-0.3, -0.25) is 4.79 Å². The normalized spacial score (nSPS) is 11.7. The largest absolute Gasteiger partial charge is 0.496 e. The number of carbonyl (C=O) groups is 1. The number of hydrogen-bond donors (Lipinski definition) is 0. The van der Waals surface area contributed by atoms with E-state index in [1.807, 2.05) is 17.7 Å². The van der Waals surface area contributed by atoms with Crippen molar-refractivity contribution in [2.45, 2.75) is 13.5 Å². The Balaban J connectivity index is 2.41. The lowest BCUT2D eigenvalue weighted by Crippen LogP contribution is -2.18. The van der Waals surface area contributed by atoms with Crippen molar-refractivity contribution < 1.29 is 14.3 Å². The molecule has 0 aliphatic rings. The summed E-state index contributed by atoms with van der Waals surface area (Å²) in [6.45, 7) is 3.16. The van der Waals surface area contributed by atoms with Crippen molar-refractivity contribution in [3.63, 3.8) is 0 Å². The Hall–Kier alpha value is -1.63. The Labute approximate surface area is 137 Å². The molecule has 1 amide bonds. The maximum Gasteiger partial charge on any atom is 0.283 e. The number of benzene rings is 1. The summed E-state index contributed by atoms with van der Waals surface area (Å²) in [5.74, 6) is 0.0715. The van der Waals surface area contributed by atoms with Crippen molar-refractivity contribution in [1.82, 2.24) is 4.57 Å². The van der Waals surface area contributed by atoms with Gasteiger partial charge < -0.3 is 14.0 Å². The molecule has 118 valence electrons. The van der Waals surface area contributed by atoms with Gasteiger partial charge in [-0.05, 0) is 25.1 Å². The third-order valence-corrected chi connectivity index (χ3v) is 4.13. The third-order valence-electron chi connectivity index (χ3n) is 2.96. The lowest BCUT2D eigenvalue weighted by molar-refractivity contribution is 0.0994. The van der Waals surface area contributed by atoms with Gasteiger partial charge in [-0.2, -0.15) is 4.99 Å². The zero-order chi connectivity index (χ0) is 16.1. The molecular weight excluding hydrogens is 324 g/mol. The van der Waals surface area contributed by atoms with Crippen molar-refractivity contribution in [2.75, 3.05) is 20.8 Å². The first-order valence-electron chi connectivity index (χ1n) is 6.63. The van der Waals surface area contributed by atoms with E-state index in [2.05, 4.69) is 4.99 Å². The van der Waals surface area contributed by atoms with Crippen molar-refractivity contribution in [2.24, 2.45) is 4.99 Å². The Morgan fingerprint density at radius 1 is 1.41 bits per heavy atom. The Kier molecular flexibility index (Phi) is 5.76. The van der Waals surface area contributed by atoms with Crippen LogP contribution in [-0.4, -0.2) is 31.3 Å². The van der Waals surface area contributed by atoms with E-state index in [1.54, 1.807) is 25.3 Å². The zero-order valence-corrected chi connectivity index (χ0v) is 14.2. The number of amides is 1. The summed E-state index contributed by atoms with van der Waals surface area (Å²) in [6.07, 6.45) is 1.95. The van der Waals surface area contributed by atoms with Crippen molar-refractivity contribution >= 4 is 28.8 Å². The number of hydrogen-bond acceptors (Lipinski definition) is 4. The van der Waals surface area contributed by atoms with Gasteiger partial charge in [0.25, 0.3) is 5.91 Å². The Morgan fingerprint density at radius 3 is 2.86 bits per heavy atom. The lowest BCUT2D eigenvalue weighted by Gasteiger charge is -2.05. The fourth-order valence-corrected chi connectivity index (χ4v) is 2.96. The fraction of sp³-hybridized carbons (Fsp3) is 0.333. The summed E-state index contributed by atoms with van der Waals surface area (Å²) >= 11 is 7.41. The van der Waals surface area contributed by atoms with E-state index < -0.39 is 0 Å². The van der Waals surface area contributed by atoms with E-state index in [0.29, 0.717) is 34.3 Å². The minimum atomic E-state index is -0.382. The average Bonchev–Trinajstić information content (AvgIpc) is 2.84. The van der Waals surface area contributed by atoms with E-state index in [4.69, 9.17) is 21.1 Å². The number of carbonyl (C=O) groups excluding carboxylic acids is 1. The quantitative estimate of drug-likeness (QED) is 0.841. The smallest absolute Gasteiger partial charge is 0.283 e. The number of halogens is 1. The van der Waals surface area contributed by atoms with Gasteiger partial charge in [-0.15, -0.1) is 11.3 Å². The molecule has 1 aromatic carbocycles. The van der Waals surface area contributed by atoms with Gasteiger partial charge in [0.2, 0.25) is 0 Å². The molecule has 0 aliphatic heterocycles. The van der Waals surface area contributed by atoms with Gasteiger partial charge in [0.1, 0.15) is 5.75 Å². The molecular formula is C15H17ClN2O3S. The molecule has 0 N–H and O–H groups in total. The molecule has 0 saturated heterocycles. The fourth-order valence-electron chi connectivity index (χ4n) is 1.93. The van der Waals surface area contributed by atoms with Crippen molar-refractivity contribution in [3.05, 3.63) is 44.7 Å². The number of rotatable bonds is 5. The molecule has 0 spiro atoms. The van der Waals surface area contributed by atoms with E-state index in [0.717, 1.165) is 4.88 Å². The number of thiazole rings is 1. The highest BCUT2D eigenvalue weighted by Crippen LogP contribution is 2.23. The lowest BCUT2D eigenvalue weighted by atomic mass is 10.2. The first-order valence-corrected chi connectivity index (χ1v) is 7.83. The Bertz CT molecular complexity index is 737. The van der Waals surface area contributed by atoms with Crippen LogP contribution in [0.2, 0.25) is 5.02 Å². The molecule has 1 heterocycles. The van der Waals surface area contributed by atoms with E-state index in [-0.39, 0.29) is 5.91 Å². The first-order chi connectivity index (χ1) is 10.5. The molecule has 0 unspecified atom stereocenters. The molecule has 2 aromatic rings. The second kappa shape index (κ2) is 7.58. The summed E-state index contributed by atoms with van der Waals surface area (Å²) in [5, 5.41) is 0.467. The maximum absolute atomic E-state index is 12.4. The molecule has 0 radical (unpaired) electrons. The van der Waals surface area contributed by atoms with Crippen LogP contribution < -0.4 is 9.54 Å². The van der Waals surface area contributed by atoms with Crippen LogP contribution in [0.4, 0.5) is 0 Å². The SMILES string of the molecule is COCCn1cc(C)sc1=NC(=O)c1cc(Cl)ccc1OC. The topological polar surface area (TPSA) is 52.8 Å². The third kappa shape index (κ3) is 3.97. The second-order valence-electron chi connectivity index (χ2n) is 4.57. The molecule has 2 rings (SSSR count). The van der Waals surface area contributed by atoms with Crippen LogP contribution in [0.1, 0.15) is 15.2 Å². The second-order valence-corrected chi connectivity index (χ2v) is 6.22. The predicted octanol–water partition coefficient (Wildman–Crippen LogP) is 2.91. The molecule has 22 heavy (non-hydrogen) atoms. The molecule has 0 saturated carbocycles. The van der Waals surface area contributed by atoms with Crippen LogP contribution >= 0.6 is 22.9 Å². The predicted molar refractivity (Wildman–Crippen MR) is 86.8 cm³/mol. The van der Waals surface area contributed by atoms with Gasteiger partial charge in [0.15, 0.2) is 4.80 Å². The maximum atomic E-state index is 12.4. The van der Waals surface area contributed by atoms with Gasteiger partial charge in [0, 0.05) is 29.8 Å². The first kappa shape index (κ1) is 16.7. The van der Waals surface area contributed by atoms with Crippen LogP contribution in [0.25, 0.3) is 0 Å². The van der Waals surface area contributed by atoms with Crippen molar-refractivity contribution in [3.8, 4) is 5.75 Å². The number of aromatic nitrogens is 1. The van der Waals surface area contributed by atoms with Gasteiger partial charge in [-0.1, -0.05) is 11.6 Å².